The van der Waals surface area contributed by atoms with Gasteiger partial charge in [-0.25, -0.2) is 9.07 Å². The van der Waals surface area contributed by atoms with E-state index < -0.39 is 0 Å². The van der Waals surface area contributed by atoms with Crippen LogP contribution < -0.4 is 10.6 Å². The summed E-state index contributed by atoms with van der Waals surface area (Å²) in [5.74, 6) is 0.0821. The average molecular weight is 439 g/mol. The van der Waals surface area contributed by atoms with E-state index >= 15 is 0 Å². The average Bonchev–Trinajstić information content (AvgIpc) is 3.22. The maximum Gasteiger partial charge on any atom is 0.258 e. The molecule has 7 heteroatoms. The number of carbonyl (C=O) groups excluding carboxylic acids is 1. The molecule has 2 heterocycles. The minimum Gasteiger partial charge on any atom is -0.324 e. The summed E-state index contributed by atoms with van der Waals surface area (Å²) >= 11 is 0. The Morgan fingerprint density at radius 2 is 1.58 bits per heavy atom. The molecular formula is C26H22FN5O. The Kier molecular flexibility index (Phi) is 5.22. The number of amides is 1. The Balaban J connectivity index is 1.50. The van der Waals surface area contributed by atoms with Gasteiger partial charge in [0.05, 0.1) is 0 Å². The van der Waals surface area contributed by atoms with Crippen LogP contribution in [0.3, 0.4) is 0 Å². The number of hydrogen-bond acceptors (Lipinski definition) is 4. The fourth-order valence-electron chi connectivity index (χ4n) is 3.72. The van der Waals surface area contributed by atoms with Crippen LogP contribution in [-0.4, -0.2) is 20.7 Å². The molecule has 0 radical (unpaired) electrons. The van der Waals surface area contributed by atoms with Crippen molar-refractivity contribution in [3.63, 3.8) is 0 Å². The summed E-state index contributed by atoms with van der Waals surface area (Å²) in [6, 6.07) is 21.4. The van der Waals surface area contributed by atoms with Crippen LogP contribution in [0.15, 0.2) is 78.9 Å². The zero-order chi connectivity index (χ0) is 22.9. The normalized spacial score (nSPS) is 14.8. The van der Waals surface area contributed by atoms with Crippen molar-refractivity contribution >= 4 is 23.5 Å². The third kappa shape index (κ3) is 4.25. The monoisotopic (exact) mass is 439 g/mol. The third-order valence-electron chi connectivity index (χ3n) is 5.58. The van der Waals surface area contributed by atoms with Crippen LogP contribution in [0.2, 0.25) is 0 Å². The zero-order valence-electron chi connectivity index (χ0n) is 18.2. The van der Waals surface area contributed by atoms with E-state index in [9.17, 15) is 9.18 Å². The molecule has 1 aliphatic rings. The quantitative estimate of drug-likeness (QED) is 0.450. The van der Waals surface area contributed by atoms with Crippen molar-refractivity contribution in [3.8, 4) is 0 Å². The van der Waals surface area contributed by atoms with E-state index in [2.05, 4.69) is 20.7 Å². The number of aromatic nitrogens is 3. The van der Waals surface area contributed by atoms with Crippen molar-refractivity contribution in [1.29, 1.82) is 0 Å². The first-order valence-corrected chi connectivity index (χ1v) is 10.6. The van der Waals surface area contributed by atoms with E-state index in [0.29, 0.717) is 11.5 Å². The van der Waals surface area contributed by atoms with Crippen LogP contribution in [0.4, 0.5) is 16.3 Å². The number of hydrogen-bond donors (Lipinski definition) is 2. The van der Waals surface area contributed by atoms with E-state index in [1.54, 1.807) is 28.9 Å². The SMILES string of the molecule is Cc1ccc(C(=O)Nc2nc3n(n2)C(c2ccc(F)cc2)C=C(c2ccc(C)cc2)N3)cc1. The van der Waals surface area contributed by atoms with Gasteiger partial charge in [-0.3, -0.25) is 10.1 Å². The second-order valence-corrected chi connectivity index (χ2v) is 8.09. The second kappa shape index (κ2) is 8.35. The van der Waals surface area contributed by atoms with E-state index in [1.165, 1.54) is 12.1 Å². The highest BCUT2D eigenvalue weighted by molar-refractivity contribution is 6.03. The van der Waals surface area contributed by atoms with Gasteiger partial charge < -0.3 is 5.32 Å². The molecule has 1 amide bonds. The molecule has 1 atom stereocenters. The highest BCUT2D eigenvalue weighted by Gasteiger charge is 2.26. The van der Waals surface area contributed by atoms with Gasteiger partial charge in [-0.15, -0.1) is 5.10 Å². The van der Waals surface area contributed by atoms with Crippen LogP contribution in [0, 0.1) is 19.7 Å². The summed E-state index contributed by atoms with van der Waals surface area (Å²) in [5.41, 5.74) is 5.46. The van der Waals surface area contributed by atoms with Crippen molar-refractivity contribution in [3.05, 3.63) is 113 Å². The first-order chi connectivity index (χ1) is 16.0. The lowest BCUT2D eigenvalue weighted by Crippen LogP contribution is -2.20. The highest BCUT2D eigenvalue weighted by Crippen LogP contribution is 2.33. The van der Waals surface area contributed by atoms with Gasteiger partial charge in [0.15, 0.2) is 0 Å². The summed E-state index contributed by atoms with van der Waals surface area (Å²) in [6.45, 7) is 4.00. The van der Waals surface area contributed by atoms with Crippen molar-refractivity contribution < 1.29 is 9.18 Å². The minimum atomic E-state index is -0.323. The van der Waals surface area contributed by atoms with Crippen LogP contribution in [0.25, 0.3) is 5.70 Å². The largest absolute Gasteiger partial charge is 0.324 e. The van der Waals surface area contributed by atoms with E-state index in [1.807, 2.05) is 56.3 Å². The van der Waals surface area contributed by atoms with Gasteiger partial charge >= 0.3 is 0 Å². The molecule has 1 aromatic heterocycles. The fourth-order valence-corrected chi connectivity index (χ4v) is 3.72. The molecule has 164 valence electrons. The lowest BCUT2D eigenvalue weighted by molar-refractivity contribution is 0.102. The maximum atomic E-state index is 13.6. The summed E-state index contributed by atoms with van der Waals surface area (Å²) in [7, 11) is 0. The predicted octanol–water partition coefficient (Wildman–Crippen LogP) is 5.34. The van der Waals surface area contributed by atoms with Gasteiger partial charge in [0.2, 0.25) is 5.95 Å². The van der Waals surface area contributed by atoms with Crippen LogP contribution in [0.1, 0.15) is 38.7 Å². The molecule has 5 rings (SSSR count). The standard InChI is InChI=1S/C26H22FN5O/c1-16-3-7-18(8-4-16)22-15-23(19-11-13-21(27)14-12-19)32-26(28-22)30-25(31-32)29-24(33)20-9-5-17(2)6-10-20/h3-15,23H,1-2H3,(H2,28,29,30,31,33). The number of nitrogens with zero attached hydrogens (tertiary/aromatic N) is 3. The summed E-state index contributed by atoms with van der Waals surface area (Å²) in [4.78, 5) is 17.2. The van der Waals surface area contributed by atoms with Gasteiger partial charge in [0, 0.05) is 11.3 Å². The number of fused-ring (bicyclic) bond motifs is 1. The number of aryl methyl sites for hydroxylation is 2. The molecule has 1 aliphatic heterocycles. The van der Waals surface area contributed by atoms with E-state index in [4.69, 9.17) is 0 Å². The molecule has 1 unspecified atom stereocenters. The first-order valence-electron chi connectivity index (χ1n) is 10.6. The molecule has 33 heavy (non-hydrogen) atoms. The van der Waals surface area contributed by atoms with Gasteiger partial charge in [-0.1, -0.05) is 59.7 Å². The Bertz CT molecular complexity index is 1340. The van der Waals surface area contributed by atoms with Gasteiger partial charge in [0.1, 0.15) is 11.9 Å². The molecule has 2 N–H and O–H groups in total. The predicted molar refractivity (Wildman–Crippen MR) is 126 cm³/mol. The highest BCUT2D eigenvalue weighted by atomic mass is 19.1. The molecule has 4 aromatic rings. The van der Waals surface area contributed by atoms with Gasteiger partial charge in [-0.2, -0.15) is 4.98 Å². The maximum absolute atomic E-state index is 13.6. The molecule has 6 nitrogen and oxygen atoms in total. The fraction of sp³-hybridized carbons (Fsp3) is 0.115. The number of benzene rings is 3. The van der Waals surface area contributed by atoms with Crippen molar-refractivity contribution in [2.75, 3.05) is 10.6 Å². The van der Waals surface area contributed by atoms with Crippen molar-refractivity contribution in [1.82, 2.24) is 14.8 Å². The summed E-state index contributed by atoms with van der Waals surface area (Å²) in [5, 5.41) is 10.6. The number of nitrogens with one attached hydrogen (secondary N) is 2. The molecule has 0 saturated heterocycles. The topological polar surface area (TPSA) is 71.8 Å². The molecular weight excluding hydrogens is 417 g/mol. The number of halogens is 1. The number of rotatable bonds is 4. The summed E-state index contributed by atoms with van der Waals surface area (Å²) < 4.78 is 15.2. The van der Waals surface area contributed by atoms with E-state index in [-0.39, 0.29) is 23.7 Å². The van der Waals surface area contributed by atoms with Gasteiger partial charge in [0.25, 0.3) is 11.9 Å². The summed E-state index contributed by atoms with van der Waals surface area (Å²) in [6.07, 6.45) is 2.02. The molecule has 0 fully saturated rings. The van der Waals surface area contributed by atoms with E-state index in [0.717, 1.165) is 28.0 Å². The second-order valence-electron chi connectivity index (χ2n) is 8.09. The molecule has 0 bridgehead atoms. The third-order valence-corrected chi connectivity index (χ3v) is 5.58. The van der Waals surface area contributed by atoms with Crippen LogP contribution in [-0.2, 0) is 0 Å². The molecule has 0 spiro atoms. The molecule has 0 saturated carbocycles. The Hall–Kier alpha value is -4.26. The Labute approximate surface area is 190 Å². The first kappa shape index (κ1) is 20.6. The number of carbonyl (C=O) groups is 1. The Morgan fingerprint density at radius 1 is 0.939 bits per heavy atom. The molecule has 3 aromatic carbocycles. The van der Waals surface area contributed by atoms with Crippen LogP contribution in [0.5, 0.6) is 0 Å². The Morgan fingerprint density at radius 3 is 2.24 bits per heavy atom. The lowest BCUT2D eigenvalue weighted by Gasteiger charge is -2.24. The van der Waals surface area contributed by atoms with Crippen LogP contribution >= 0.6 is 0 Å². The minimum absolute atomic E-state index is 0.189. The van der Waals surface area contributed by atoms with Crippen molar-refractivity contribution in [2.45, 2.75) is 19.9 Å². The smallest absolute Gasteiger partial charge is 0.258 e. The number of anilines is 2. The number of allylic oxidation sites excluding steroid dienone is 1. The van der Waals surface area contributed by atoms with Gasteiger partial charge in [-0.05, 0) is 55.3 Å². The molecule has 0 aliphatic carbocycles. The lowest BCUT2D eigenvalue weighted by atomic mass is 10.0. The van der Waals surface area contributed by atoms with Crippen molar-refractivity contribution in [2.24, 2.45) is 0 Å². The zero-order valence-corrected chi connectivity index (χ0v) is 18.2.